The minimum absolute atomic E-state index is 0.0203. The first kappa shape index (κ1) is 21.2. The number of likely N-dealkylation sites (tertiary alicyclic amines) is 1. The highest BCUT2D eigenvalue weighted by atomic mass is 19.1. The molecule has 29 heavy (non-hydrogen) atoms. The summed E-state index contributed by atoms with van der Waals surface area (Å²) in [6, 6.07) is 9.61. The maximum atomic E-state index is 14.4. The van der Waals surface area contributed by atoms with E-state index < -0.39 is 29.1 Å². The molecule has 0 spiro atoms. The van der Waals surface area contributed by atoms with E-state index in [4.69, 9.17) is 4.74 Å². The predicted octanol–water partition coefficient (Wildman–Crippen LogP) is 3.16. The largest absolute Gasteiger partial charge is 0.497 e. The third kappa shape index (κ3) is 4.26. The number of halogens is 2. The summed E-state index contributed by atoms with van der Waals surface area (Å²) in [6.45, 7) is 1.83. The maximum absolute atomic E-state index is 14.4. The summed E-state index contributed by atoms with van der Waals surface area (Å²) in [4.78, 5) is 14.0. The van der Waals surface area contributed by atoms with E-state index in [1.807, 2.05) is 0 Å². The van der Waals surface area contributed by atoms with Crippen molar-refractivity contribution in [1.82, 2.24) is 4.90 Å². The number of carboxylic acids is 1. The third-order valence-corrected chi connectivity index (χ3v) is 5.70. The molecule has 0 radical (unpaired) electrons. The van der Waals surface area contributed by atoms with Crippen molar-refractivity contribution in [1.29, 1.82) is 0 Å². The van der Waals surface area contributed by atoms with Crippen LogP contribution < -0.4 is 4.74 Å². The summed E-state index contributed by atoms with van der Waals surface area (Å²) in [6.07, 6.45) is -0.795. The topological polar surface area (TPSA) is 70.0 Å². The van der Waals surface area contributed by atoms with Crippen LogP contribution in [0.5, 0.6) is 5.75 Å². The van der Waals surface area contributed by atoms with E-state index >= 15 is 0 Å². The number of carbonyl (C=O) groups is 1. The molecule has 0 aliphatic carbocycles. The number of aryl methyl sites for hydroxylation is 1. The van der Waals surface area contributed by atoms with Crippen molar-refractivity contribution >= 4 is 5.97 Å². The van der Waals surface area contributed by atoms with Crippen molar-refractivity contribution in [3.8, 4) is 5.75 Å². The minimum Gasteiger partial charge on any atom is -0.497 e. The highest BCUT2D eigenvalue weighted by molar-refractivity contribution is 5.76. The number of nitrogens with zero attached hydrogens (tertiary/aromatic N) is 1. The number of ether oxygens (including phenoxy) is 1. The van der Waals surface area contributed by atoms with E-state index in [0.29, 0.717) is 23.4 Å². The van der Waals surface area contributed by atoms with Gasteiger partial charge in [0.2, 0.25) is 0 Å². The molecule has 3 rings (SSSR count). The highest BCUT2D eigenvalue weighted by Crippen LogP contribution is 2.36. The number of aliphatic hydroxyl groups excluding tert-OH is 1. The molecular weight excluding hydrogens is 380 g/mol. The molecule has 2 aromatic carbocycles. The number of aliphatic carboxylic acids is 1. The number of aliphatic hydroxyl groups is 1. The quantitative estimate of drug-likeness (QED) is 0.773. The maximum Gasteiger partial charge on any atom is 0.313 e. The second-order valence-electron chi connectivity index (χ2n) is 7.66. The van der Waals surface area contributed by atoms with E-state index in [2.05, 4.69) is 0 Å². The van der Waals surface area contributed by atoms with Gasteiger partial charge < -0.3 is 14.9 Å². The van der Waals surface area contributed by atoms with Gasteiger partial charge in [0, 0.05) is 25.2 Å². The van der Waals surface area contributed by atoms with Crippen molar-refractivity contribution in [3.05, 3.63) is 64.7 Å². The number of methoxy groups -OCH3 is 1. The lowest BCUT2D eigenvalue weighted by Gasteiger charge is -2.43. The molecule has 0 unspecified atom stereocenters. The molecule has 0 aromatic heterocycles. The van der Waals surface area contributed by atoms with Gasteiger partial charge in [-0.15, -0.1) is 0 Å². The van der Waals surface area contributed by atoms with E-state index in [9.17, 15) is 23.8 Å². The van der Waals surface area contributed by atoms with Crippen LogP contribution in [0.25, 0.3) is 0 Å². The molecule has 156 valence electrons. The van der Waals surface area contributed by atoms with Gasteiger partial charge in [-0.3, -0.25) is 9.69 Å². The van der Waals surface area contributed by atoms with Gasteiger partial charge in [0.25, 0.3) is 0 Å². The first-order valence-corrected chi connectivity index (χ1v) is 9.47. The molecule has 7 heteroatoms. The van der Waals surface area contributed by atoms with Crippen LogP contribution in [0.2, 0.25) is 0 Å². The second-order valence-corrected chi connectivity index (χ2v) is 7.66. The zero-order valence-electron chi connectivity index (χ0n) is 16.5. The van der Waals surface area contributed by atoms with Gasteiger partial charge in [0.05, 0.1) is 13.2 Å². The van der Waals surface area contributed by atoms with Crippen LogP contribution in [0, 0.1) is 24.0 Å². The summed E-state index contributed by atoms with van der Waals surface area (Å²) >= 11 is 0. The van der Waals surface area contributed by atoms with Gasteiger partial charge in [-0.1, -0.05) is 18.2 Å². The molecule has 0 saturated carbocycles. The standard InChI is InChI=1S/C22H25F2NO4/c1-14-6-7-18(23)17(20(14)24)12-25-9-8-19(26)22(13-25,21(27)28)11-15-4-3-5-16(10-15)29-2/h3-7,10,19,26H,8-9,11-13H2,1-2H3,(H,27,28)/t19-,22-/m1/s1. The third-order valence-electron chi connectivity index (χ3n) is 5.70. The molecule has 1 heterocycles. The molecule has 1 aliphatic heterocycles. The minimum atomic E-state index is -1.48. The molecule has 1 fully saturated rings. The van der Waals surface area contributed by atoms with Crippen LogP contribution in [-0.4, -0.2) is 47.4 Å². The molecular formula is C22H25F2NO4. The first-order valence-electron chi connectivity index (χ1n) is 9.47. The number of benzene rings is 2. The van der Waals surface area contributed by atoms with Crippen LogP contribution in [0.15, 0.2) is 36.4 Å². The molecule has 1 saturated heterocycles. The fourth-order valence-electron chi connectivity index (χ4n) is 3.99. The number of hydrogen-bond donors (Lipinski definition) is 2. The normalized spacial score (nSPS) is 22.4. The van der Waals surface area contributed by atoms with Crippen LogP contribution in [0.4, 0.5) is 8.78 Å². The Bertz CT molecular complexity index is 904. The monoisotopic (exact) mass is 405 g/mol. The highest BCUT2D eigenvalue weighted by Gasteiger charge is 2.49. The SMILES string of the molecule is COc1cccc(C[C@@]2(C(=O)O)CN(Cc3c(F)ccc(C)c3F)CC[C@H]2O)c1. The van der Waals surface area contributed by atoms with Crippen LogP contribution in [0.1, 0.15) is 23.1 Å². The summed E-state index contributed by atoms with van der Waals surface area (Å²) in [7, 11) is 1.52. The number of piperidine rings is 1. The number of rotatable bonds is 6. The van der Waals surface area contributed by atoms with Crippen LogP contribution in [0.3, 0.4) is 0 Å². The van der Waals surface area contributed by atoms with Crippen molar-refractivity contribution in [2.75, 3.05) is 20.2 Å². The van der Waals surface area contributed by atoms with Gasteiger partial charge in [0.1, 0.15) is 22.8 Å². The molecule has 0 amide bonds. The summed E-state index contributed by atoms with van der Waals surface area (Å²) in [5.41, 5.74) is -0.525. The number of carboxylic acid groups (broad SMARTS) is 1. The molecule has 0 bridgehead atoms. The Morgan fingerprint density at radius 2 is 2.07 bits per heavy atom. The zero-order valence-corrected chi connectivity index (χ0v) is 16.5. The lowest BCUT2D eigenvalue weighted by molar-refractivity contribution is -0.163. The summed E-state index contributed by atoms with van der Waals surface area (Å²) in [5.74, 6) is -1.82. The molecule has 5 nitrogen and oxygen atoms in total. The van der Waals surface area contributed by atoms with E-state index in [0.717, 1.165) is 0 Å². The predicted molar refractivity (Wildman–Crippen MR) is 104 cm³/mol. The lowest BCUT2D eigenvalue weighted by Crippen LogP contribution is -2.57. The molecule has 2 atom stereocenters. The Hall–Kier alpha value is -2.51. The lowest BCUT2D eigenvalue weighted by atomic mass is 9.72. The average molecular weight is 405 g/mol. The van der Waals surface area contributed by atoms with Crippen molar-refractivity contribution in [3.63, 3.8) is 0 Å². The van der Waals surface area contributed by atoms with Gasteiger partial charge >= 0.3 is 5.97 Å². The smallest absolute Gasteiger partial charge is 0.313 e. The molecule has 1 aliphatic rings. The van der Waals surface area contributed by atoms with Crippen LogP contribution >= 0.6 is 0 Å². The Morgan fingerprint density at radius 1 is 1.31 bits per heavy atom. The van der Waals surface area contributed by atoms with E-state index in [1.54, 1.807) is 36.1 Å². The zero-order chi connectivity index (χ0) is 21.2. The van der Waals surface area contributed by atoms with Gasteiger partial charge in [-0.05, 0) is 49.1 Å². The summed E-state index contributed by atoms with van der Waals surface area (Å²) < 4.78 is 33.8. The van der Waals surface area contributed by atoms with Crippen molar-refractivity contribution < 1.29 is 28.5 Å². The molecule has 2 N–H and O–H groups in total. The average Bonchev–Trinajstić information content (AvgIpc) is 2.70. The van der Waals surface area contributed by atoms with Gasteiger partial charge in [-0.2, -0.15) is 0 Å². The fraction of sp³-hybridized carbons (Fsp3) is 0.409. The first-order chi connectivity index (χ1) is 13.8. The van der Waals surface area contributed by atoms with E-state index in [1.165, 1.54) is 19.2 Å². The summed E-state index contributed by atoms with van der Waals surface area (Å²) in [5, 5.41) is 20.6. The van der Waals surface area contributed by atoms with Crippen molar-refractivity contribution in [2.45, 2.75) is 32.4 Å². The van der Waals surface area contributed by atoms with Gasteiger partial charge in [-0.25, -0.2) is 8.78 Å². The molecule has 2 aromatic rings. The Balaban J connectivity index is 1.89. The Morgan fingerprint density at radius 3 is 2.76 bits per heavy atom. The Labute approximate surface area is 168 Å². The number of hydrogen-bond acceptors (Lipinski definition) is 4. The fourth-order valence-corrected chi connectivity index (χ4v) is 3.99. The van der Waals surface area contributed by atoms with Crippen LogP contribution in [-0.2, 0) is 17.8 Å². The Kier molecular flexibility index (Phi) is 6.19. The second kappa shape index (κ2) is 8.47. The van der Waals surface area contributed by atoms with Gasteiger partial charge in [0.15, 0.2) is 0 Å². The van der Waals surface area contributed by atoms with E-state index in [-0.39, 0.29) is 31.5 Å². The van der Waals surface area contributed by atoms with Crippen molar-refractivity contribution in [2.24, 2.45) is 5.41 Å².